The van der Waals surface area contributed by atoms with Crippen LogP contribution in [-0.4, -0.2) is 47.2 Å². The SMILES string of the molecule is CCOc1cc(C(=O)N2CCSC2=S)cc(OCC)c1OCC. The minimum Gasteiger partial charge on any atom is -0.490 e. The van der Waals surface area contributed by atoms with Crippen LogP contribution >= 0.6 is 24.0 Å². The standard InChI is InChI=1S/C16H21NO4S2/c1-4-19-12-9-11(15(18)17-7-8-23-16(17)22)10-13(20-5-2)14(12)21-6-3/h9-10H,4-8H2,1-3H3. The molecule has 0 saturated carbocycles. The highest BCUT2D eigenvalue weighted by atomic mass is 32.2. The molecule has 1 saturated heterocycles. The molecule has 23 heavy (non-hydrogen) atoms. The average molecular weight is 355 g/mol. The largest absolute Gasteiger partial charge is 0.490 e. The zero-order chi connectivity index (χ0) is 16.8. The first-order valence-electron chi connectivity index (χ1n) is 7.67. The molecule has 0 radical (unpaired) electrons. The van der Waals surface area contributed by atoms with E-state index >= 15 is 0 Å². The maximum atomic E-state index is 12.7. The van der Waals surface area contributed by atoms with Gasteiger partial charge in [-0.2, -0.15) is 0 Å². The second kappa shape index (κ2) is 8.40. The van der Waals surface area contributed by atoms with Gasteiger partial charge in [0.25, 0.3) is 5.91 Å². The Kier molecular flexibility index (Phi) is 6.53. The maximum absolute atomic E-state index is 12.7. The van der Waals surface area contributed by atoms with Crippen molar-refractivity contribution in [1.29, 1.82) is 0 Å². The van der Waals surface area contributed by atoms with E-state index in [1.807, 2.05) is 20.8 Å². The van der Waals surface area contributed by atoms with Gasteiger partial charge in [0.05, 0.1) is 19.8 Å². The van der Waals surface area contributed by atoms with Crippen LogP contribution in [0.2, 0.25) is 0 Å². The monoisotopic (exact) mass is 355 g/mol. The van der Waals surface area contributed by atoms with Crippen molar-refractivity contribution in [2.75, 3.05) is 32.1 Å². The summed E-state index contributed by atoms with van der Waals surface area (Å²) in [6.07, 6.45) is 0. The summed E-state index contributed by atoms with van der Waals surface area (Å²) in [5.74, 6) is 2.26. The Morgan fingerprint density at radius 3 is 2.13 bits per heavy atom. The first-order valence-corrected chi connectivity index (χ1v) is 9.06. The second-order valence-electron chi connectivity index (χ2n) is 4.67. The van der Waals surface area contributed by atoms with E-state index in [1.54, 1.807) is 17.0 Å². The van der Waals surface area contributed by atoms with E-state index in [4.69, 9.17) is 26.4 Å². The van der Waals surface area contributed by atoms with Crippen molar-refractivity contribution in [3.05, 3.63) is 17.7 Å². The smallest absolute Gasteiger partial charge is 0.259 e. The summed E-state index contributed by atoms with van der Waals surface area (Å²) >= 11 is 6.75. The molecular formula is C16H21NO4S2. The number of amides is 1. The van der Waals surface area contributed by atoms with E-state index in [9.17, 15) is 4.79 Å². The zero-order valence-electron chi connectivity index (χ0n) is 13.6. The van der Waals surface area contributed by atoms with Crippen LogP contribution in [0.15, 0.2) is 12.1 Å². The quantitative estimate of drug-likeness (QED) is 0.699. The van der Waals surface area contributed by atoms with Crippen LogP contribution in [0.4, 0.5) is 0 Å². The summed E-state index contributed by atoms with van der Waals surface area (Å²) in [5.41, 5.74) is 0.491. The molecule has 0 aromatic heterocycles. The molecule has 0 bridgehead atoms. The Morgan fingerprint density at radius 2 is 1.70 bits per heavy atom. The van der Waals surface area contributed by atoms with E-state index in [0.29, 0.717) is 53.5 Å². The van der Waals surface area contributed by atoms with Crippen LogP contribution in [0, 0.1) is 0 Å². The van der Waals surface area contributed by atoms with Crippen molar-refractivity contribution in [2.24, 2.45) is 0 Å². The van der Waals surface area contributed by atoms with Gasteiger partial charge in [0, 0.05) is 17.9 Å². The van der Waals surface area contributed by atoms with Crippen LogP contribution in [0.5, 0.6) is 17.2 Å². The lowest BCUT2D eigenvalue weighted by Gasteiger charge is -2.19. The zero-order valence-corrected chi connectivity index (χ0v) is 15.2. The third-order valence-corrected chi connectivity index (χ3v) is 4.59. The van der Waals surface area contributed by atoms with Crippen LogP contribution in [0.25, 0.3) is 0 Å². The minimum absolute atomic E-state index is 0.134. The van der Waals surface area contributed by atoms with Crippen molar-refractivity contribution in [3.63, 3.8) is 0 Å². The number of carbonyl (C=O) groups excluding carboxylic acids is 1. The van der Waals surface area contributed by atoms with Crippen molar-refractivity contribution in [1.82, 2.24) is 4.90 Å². The number of thioether (sulfide) groups is 1. The molecule has 1 aliphatic rings. The van der Waals surface area contributed by atoms with Crippen LogP contribution in [0.3, 0.4) is 0 Å². The van der Waals surface area contributed by atoms with Gasteiger partial charge in [-0.05, 0) is 32.9 Å². The van der Waals surface area contributed by atoms with E-state index in [-0.39, 0.29) is 5.91 Å². The van der Waals surface area contributed by atoms with Gasteiger partial charge in [-0.3, -0.25) is 9.69 Å². The average Bonchev–Trinajstić information content (AvgIpc) is 2.96. The van der Waals surface area contributed by atoms with Crippen molar-refractivity contribution in [2.45, 2.75) is 20.8 Å². The number of carbonyl (C=O) groups is 1. The Hall–Kier alpha value is -1.47. The minimum atomic E-state index is -0.134. The Morgan fingerprint density at radius 1 is 1.13 bits per heavy atom. The van der Waals surface area contributed by atoms with E-state index in [1.165, 1.54) is 11.8 Å². The first-order chi connectivity index (χ1) is 11.1. The number of nitrogens with zero attached hydrogens (tertiary/aromatic N) is 1. The second-order valence-corrected chi connectivity index (χ2v) is 6.40. The number of hydrogen-bond donors (Lipinski definition) is 0. The number of ether oxygens (including phenoxy) is 3. The fourth-order valence-corrected chi connectivity index (χ4v) is 3.45. The van der Waals surface area contributed by atoms with Gasteiger partial charge in [0.1, 0.15) is 4.32 Å². The molecule has 1 aromatic carbocycles. The van der Waals surface area contributed by atoms with Gasteiger partial charge >= 0.3 is 0 Å². The Bertz CT molecular complexity index is 564. The van der Waals surface area contributed by atoms with Gasteiger partial charge in [-0.15, -0.1) is 0 Å². The Labute approximate surface area is 146 Å². The first kappa shape index (κ1) is 17.9. The summed E-state index contributed by atoms with van der Waals surface area (Å²) in [5, 5.41) is 0. The summed E-state index contributed by atoms with van der Waals surface area (Å²) in [6, 6.07) is 3.40. The fourth-order valence-electron chi connectivity index (χ4n) is 2.25. The molecule has 1 aromatic rings. The molecule has 2 rings (SSSR count). The highest BCUT2D eigenvalue weighted by Crippen LogP contribution is 2.39. The van der Waals surface area contributed by atoms with Crippen LogP contribution in [0.1, 0.15) is 31.1 Å². The van der Waals surface area contributed by atoms with Crippen molar-refractivity contribution in [3.8, 4) is 17.2 Å². The highest BCUT2D eigenvalue weighted by molar-refractivity contribution is 8.23. The summed E-state index contributed by atoms with van der Waals surface area (Å²) in [4.78, 5) is 14.3. The third-order valence-electron chi connectivity index (χ3n) is 3.16. The molecule has 0 unspecified atom stereocenters. The molecule has 1 amide bonds. The number of benzene rings is 1. The van der Waals surface area contributed by atoms with Gasteiger partial charge in [-0.25, -0.2) is 0 Å². The molecule has 1 heterocycles. The van der Waals surface area contributed by atoms with Crippen LogP contribution in [-0.2, 0) is 0 Å². The van der Waals surface area contributed by atoms with Crippen LogP contribution < -0.4 is 14.2 Å². The number of thiocarbonyl (C=S) groups is 1. The lowest BCUT2D eigenvalue weighted by atomic mass is 10.1. The van der Waals surface area contributed by atoms with E-state index < -0.39 is 0 Å². The highest BCUT2D eigenvalue weighted by Gasteiger charge is 2.27. The molecule has 7 heteroatoms. The lowest BCUT2D eigenvalue weighted by Crippen LogP contribution is -2.30. The van der Waals surface area contributed by atoms with Gasteiger partial charge in [0.2, 0.25) is 5.75 Å². The predicted octanol–water partition coefficient (Wildman–Crippen LogP) is 3.36. The molecule has 0 aliphatic carbocycles. The molecular weight excluding hydrogens is 334 g/mol. The van der Waals surface area contributed by atoms with Gasteiger partial charge in [-0.1, -0.05) is 24.0 Å². The number of hydrogen-bond acceptors (Lipinski definition) is 6. The molecule has 5 nitrogen and oxygen atoms in total. The Balaban J connectivity index is 2.42. The van der Waals surface area contributed by atoms with E-state index in [0.717, 1.165) is 5.75 Å². The van der Waals surface area contributed by atoms with Gasteiger partial charge in [0.15, 0.2) is 11.5 Å². The van der Waals surface area contributed by atoms with E-state index in [2.05, 4.69) is 0 Å². The molecule has 1 aliphatic heterocycles. The normalized spacial score (nSPS) is 14.0. The molecule has 1 fully saturated rings. The fraction of sp³-hybridized carbons (Fsp3) is 0.500. The lowest BCUT2D eigenvalue weighted by molar-refractivity contribution is 0.0860. The molecule has 0 N–H and O–H groups in total. The predicted molar refractivity (Wildman–Crippen MR) is 96.0 cm³/mol. The molecule has 126 valence electrons. The molecule has 0 atom stereocenters. The maximum Gasteiger partial charge on any atom is 0.259 e. The van der Waals surface area contributed by atoms with Crippen molar-refractivity contribution < 1.29 is 19.0 Å². The molecule has 0 spiro atoms. The van der Waals surface area contributed by atoms with Crippen molar-refractivity contribution >= 4 is 34.2 Å². The summed E-state index contributed by atoms with van der Waals surface area (Å²) < 4.78 is 17.5. The van der Waals surface area contributed by atoms with Gasteiger partial charge < -0.3 is 14.2 Å². The number of rotatable bonds is 7. The third kappa shape index (κ3) is 4.09. The summed E-state index contributed by atoms with van der Waals surface area (Å²) in [6.45, 7) is 7.73. The topological polar surface area (TPSA) is 48.0 Å². The summed E-state index contributed by atoms with van der Waals surface area (Å²) in [7, 11) is 0.